The van der Waals surface area contributed by atoms with Crippen molar-refractivity contribution < 1.29 is 26.3 Å². The molecule has 132 valence electrons. The zero-order valence-electron chi connectivity index (χ0n) is 13.3. The Morgan fingerprint density at radius 2 is 1.04 bits per heavy atom. The molecule has 0 aliphatic heterocycles. The Bertz CT molecular complexity index is 508. The lowest BCUT2D eigenvalue weighted by Gasteiger charge is -2.30. The van der Waals surface area contributed by atoms with Crippen LogP contribution in [0.1, 0.15) is 38.8 Å². The molecule has 1 aromatic carbocycles. The lowest BCUT2D eigenvalue weighted by atomic mass is 9.82. The normalized spacial score (nSPS) is 14.2. The highest BCUT2D eigenvalue weighted by atomic mass is 127. The largest absolute Gasteiger partial charge is 0.394 e. The minimum Gasteiger partial charge on any atom is -0.171 e. The summed E-state index contributed by atoms with van der Waals surface area (Å²) >= 11 is 1.84. The standard InChI is InChI=1S/C16H19F6I/c1-13(2,15(17,18)19)8-10-6-5-7-11(12(10)23)9-14(3,4)16(20,21)22/h5-7H,8-9H2,1-4H3. The summed E-state index contributed by atoms with van der Waals surface area (Å²) in [7, 11) is 0. The van der Waals surface area contributed by atoms with Crippen molar-refractivity contribution in [3.8, 4) is 0 Å². The Balaban J connectivity index is 3.14. The molecule has 0 amide bonds. The summed E-state index contributed by atoms with van der Waals surface area (Å²) in [6, 6.07) is 4.60. The average molecular weight is 452 g/mol. The van der Waals surface area contributed by atoms with Crippen LogP contribution in [-0.2, 0) is 12.8 Å². The van der Waals surface area contributed by atoms with Gasteiger partial charge in [-0.1, -0.05) is 45.9 Å². The van der Waals surface area contributed by atoms with Crippen molar-refractivity contribution in [2.45, 2.75) is 52.9 Å². The van der Waals surface area contributed by atoms with Crippen LogP contribution in [0.5, 0.6) is 0 Å². The monoisotopic (exact) mass is 452 g/mol. The fourth-order valence-electron chi connectivity index (χ4n) is 2.06. The number of hydrogen-bond donors (Lipinski definition) is 0. The average Bonchev–Trinajstić information content (AvgIpc) is 2.31. The SMILES string of the molecule is CC(C)(Cc1cccc(CC(C)(C)C(F)(F)F)c1I)C(F)(F)F. The molecular formula is C16H19F6I. The molecule has 0 saturated heterocycles. The summed E-state index contributed by atoms with van der Waals surface area (Å²) in [6.45, 7) is 4.37. The fraction of sp³-hybridized carbons (Fsp3) is 0.625. The first-order valence-corrected chi connectivity index (χ1v) is 8.06. The molecule has 0 atom stereocenters. The van der Waals surface area contributed by atoms with Gasteiger partial charge in [0.05, 0.1) is 10.8 Å². The first-order valence-electron chi connectivity index (χ1n) is 6.98. The van der Waals surface area contributed by atoms with Crippen molar-refractivity contribution in [2.75, 3.05) is 0 Å². The van der Waals surface area contributed by atoms with Gasteiger partial charge < -0.3 is 0 Å². The van der Waals surface area contributed by atoms with Crippen LogP contribution in [-0.4, -0.2) is 12.4 Å². The molecule has 23 heavy (non-hydrogen) atoms. The van der Waals surface area contributed by atoms with E-state index in [4.69, 9.17) is 0 Å². The van der Waals surface area contributed by atoms with E-state index >= 15 is 0 Å². The lowest BCUT2D eigenvalue weighted by Crippen LogP contribution is -2.35. The van der Waals surface area contributed by atoms with Crippen LogP contribution < -0.4 is 0 Å². The highest BCUT2D eigenvalue weighted by molar-refractivity contribution is 14.1. The Morgan fingerprint density at radius 3 is 1.30 bits per heavy atom. The van der Waals surface area contributed by atoms with Crippen LogP contribution in [0.25, 0.3) is 0 Å². The van der Waals surface area contributed by atoms with Crippen LogP contribution in [0.4, 0.5) is 26.3 Å². The maximum Gasteiger partial charge on any atom is 0.394 e. The molecule has 0 nitrogen and oxygen atoms in total. The zero-order chi connectivity index (χ0) is 18.3. The van der Waals surface area contributed by atoms with E-state index in [-0.39, 0.29) is 12.8 Å². The second-order valence-electron chi connectivity index (χ2n) is 7.01. The second-order valence-corrected chi connectivity index (χ2v) is 8.09. The molecule has 0 aliphatic rings. The van der Waals surface area contributed by atoms with Gasteiger partial charge in [-0.25, -0.2) is 0 Å². The van der Waals surface area contributed by atoms with Gasteiger partial charge in [0.1, 0.15) is 0 Å². The summed E-state index contributed by atoms with van der Waals surface area (Å²) < 4.78 is 78.6. The van der Waals surface area contributed by atoms with Gasteiger partial charge in [-0.15, -0.1) is 0 Å². The van der Waals surface area contributed by atoms with Crippen molar-refractivity contribution in [3.05, 3.63) is 32.9 Å². The summed E-state index contributed by atoms with van der Waals surface area (Å²) in [5, 5.41) is 0. The Kier molecular flexibility index (Phi) is 5.76. The molecule has 0 saturated carbocycles. The molecule has 7 heteroatoms. The maximum atomic E-state index is 13.0. The highest BCUT2D eigenvalue weighted by Gasteiger charge is 2.48. The van der Waals surface area contributed by atoms with Crippen molar-refractivity contribution >= 4 is 22.6 Å². The van der Waals surface area contributed by atoms with Crippen LogP contribution in [0, 0.1) is 14.4 Å². The predicted molar refractivity (Wildman–Crippen MR) is 86.2 cm³/mol. The van der Waals surface area contributed by atoms with E-state index in [1.807, 2.05) is 22.6 Å². The molecule has 0 unspecified atom stereocenters. The van der Waals surface area contributed by atoms with Crippen LogP contribution in [0.15, 0.2) is 18.2 Å². The van der Waals surface area contributed by atoms with E-state index in [1.54, 1.807) is 12.1 Å². The molecule has 0 radical (unpaired) electrons. The minimum absolute atomic E-state index is 0.269. The quantitative estimate of drug-likeness (QED) is 0.359. The third kappa shape index (κ3) is 4.76. The summed E-state index contributed by atoms with van der Waals surface area (Å²) in [6.07, 6.45) is -9.29. The number of benzene rings is 1. The number of alkyl halides is 6. The molecule has 0 N–H and O–H groups in total. The second kappa shape index (κ2) is 6.44. The predicted octanol–water partition coefficient (Wildman–Crippen LogP) is 6.55. The Labute approximate surface area is 145 Å². The van der Waals surface area contributed by atoms with E-state index in [2.05, 4.69) is 0 Å². The van der Waals surface area contributed by atoms with Gasteiger partial charge in [0.25, 0.3) is 0 Å². The molecule has 0 aliphatic carbocycles. The van der Waals surface area contributed by atoms with Gasteiger partial charge in [0.15, 0.2) is 0 Å². The lowest BCUT2D eigenvalue weighted by molar-refractivity contribution is -0.211. The van der Waals surface area contributed by atoms with Crippen molar-refractivity contribution in [2.24, 2.45) is 10.8 Å². The minimum atomic E-state index is -4.38. The van der Waals surface area contributed by atoms with Crippen LogP contribution >= 0.6 is 22.6 Å². The molecule has 1 rings (SSSR count). The smallest absolute Gasteiger partial charge is 0.171 e. The molecule has 1 aromatic rings. The zero-order valence-corrected chi connectivity index (χ0v) is 15.4. The van der Waals surface area contributed by atoms with Crippen molar-refractivity contribution in [1.29, 1.82) is 0 Å². The van der Waals surface area contributed by atoms with Gasteiger partial charge in [-0.3, -0.25) is 0 Å². The third-order valence-corrected chi connectivity index (χ3v) is 5.34. The van der Waals surface area contributed by atoms with Crippen molar-refractivity contribution in [3.63, 3.8) is 0 Å². The van der Waals surface area contributed by atoms with Crippen molar-refractivity contribution in [1.82, 2.24) is 0 Å². The maximum absolute atomic E-state index is 13.0. The fourth-order valence-corrected chi connectivity index (χ4v) is 2.80. The van der Waals surface area contributed by atoms with E-state index in [0.717, 1.165) is 27.7 Å². The van der Waals surface area contributed by atoms with E-state index in [1.165, 1.54) is 6.07 Å². The molecule has 0 spiro atoms. The number of rotatable bonds is 4. The molecule has 0 aromatic heterocycles. The van der Waals surface area contributed by atoms with Gasteiger partial charge in [0, 0.05) is 3.57 Å². The first kappa shape index (κ1) is 20.6. The topological polar surface area (TPSA) is 0 Å². The molecule has 0 fully saturated rings. The van der Waals surface area contributed by atoms with Gasteiger partial charge in [-0.05, 0) is 46.6 Å². The molecule has 0 bridgehead atoms. The van der Waals surface area contributed by atoms with Crippen LogP contribution in [0.2, 0.25) is 0 Å². The number of hydrogen-bond acceptors (Lipinski definition) is 0. The highest BCUT2D eigenvalue weighted by Crippen LogP contribution is 2.43. The Hall–Kier alpha value is -0.470. The third-order valence-electron chi connectivity index (χ3n) is 3.96. The van der Waals surface area contributed by atoms with Gasteiger partial charge in [-0.2, -0.15) is 26.3 Å². The summed E-state index contributed by atoms with van der Waals surface area (Å²) in [5.74, 6) is 0. The van der Waals surface area contributed by atoms with Gasteiger partial charge >= 0.3 is 12.4 Å². The van der Waals surface area contributed by atoms with E-state index in [0.29, 0.717) is 14.7 Å². The summed E-state index contributed by atoms with van der Waals surface area (Å²) in [4.78, 5) is 0. The molecular weight excluding hydrogens is 433 g/mol. The van der Waals surface area contributed by atoms with E-state index < -0.39 is 23.2 Å². The van der Waals surface area contributed by atoms with E-state index in [9.17, 15) is 26.3 Å². The van der Waals surface area contributed by atoms with Crippen LogP contribution in [0.3, 0.4) is 0 Å². The molecule has 0 heterocycles. The Morgan fingerprint density at radius 1 is 0.739 bits per heavy atom. The number of halogens is 7. The first-order chi connectivity index (χ1) is 10.1. The van der Waals surface area contributed by atoms with Gasteiger partial charge in [0.2, 0.25) is 0 Å². The summed E-state index contributed by atoms with van der Waals surface area (Å²) in [5.41, 5.74) is -3.04.